The minimum atomic E-state index is 0.465. The van der Waals surface area contributed by atoms with Crippen LogP contribution in [0.3, 0.4) is 0 Å². The van der Waals surface area contributed by atoms with Crippen molar-refractivity contribution in [3.63, 3.8) is 0 Å². The summed E-state index contributed by atoms with van der Waals surface area (Å²) >= 11 is 3.54. The predicted molar refractivity (Wildman–Crippen MR) is 87.0 cm³/mol. The molecule has 1 unspecified atom stereocenters. The summed E-state index contributed by atoms with van der Waals surface area (Å²) in [5, 5.41) is 0. The van der Waals surface area contributed by atoms with Gasteiger partial charge in [0.05, 0.1) is 18.2 Å². The third-order valence-electron chi connectivity index (χ3n) is 3.92. The van der Waals surface area contributed by atoms with E-state index >= 15 is 0 Å². The van der Waals surface area contributed by atoms with Crippen molar-refractivity contribution < 1.29 is 9.47 Å². The van der Waals surface area contributed by atoms with Crippen molar-refractivity contribution in [3.8, 4) is 11.5 Å². The topological polar surface area (TPSA) is 44.5 Å². The summed E-state index contributed by atoms with van der Waals surface area (Å²) < 4.78 is 12.3. The number of hydrogen-bond acceptors (Lipinski definition) is 3. The van der Waals surface area contributed by atoms with Gasteiger partial charge in [0.25, 0.3) is 0 Å². The van der Waals surface area contributed by atoms with E-state index in [1.54, 1.807) is 7.11 Å². The number of fused-ring (bicyclic) bond motifs is 1. The van der Waals surface area contributed by atoms with Gasteiger partial charge in [0.2, 0.25) is 0 Å². The van der Waals surface area contributed by atoms with Gasteiger partial charge in [-0.15, -0.1) is 0 Å². The standard InChI is InChI=1S/C17H18BrNO2/c1-20-16-7-11(9-19)6-15(18)17(16)21-10-13-8-12-4-2-3-5-14(12)13/h2-7,13H,8-10,19H2,1H3. The molecule has 2 aromatic rings. The van der Waals surface area contributed by atoms with Crippen LogP contribution in [0.25, 0.3) is 0 Å². The van der Waals surface area contributed by atoms with Crippen molar-refractivity contribution in [1.29, 1.82) is 0 Å². The van der Waals surface area contributed by atoms with Crippen LogP contribution in [-0.4, -0.2) is 13.7 Å². The van der Waals surface area contributed by atoms with Gasteiger partial charge in [0, 0.05) is 12.5 Å². The van der Waals surface area contributed by atoms with E-state index in [-0.39, 0.29) is 0 Å². The van der Waals surface area contributed by atoms with Gasteiger partial charge in [-0.05, 0) is 51.2 Å². The first-order valence-corrected chi connectivity index (χ1v) is 7.79. The first-order valence-electron chi connectivity index (χ1n) is 7.00. The molecule has 0 spiro atoms. The van der Waals surface area contributed by atoms with E-state index < -0.39 is 0 Å². The Bertz CT molecular complexity index is 657. The van der Waals surface area contributed by atoms with E-state index in [2.05, 4.69) is 40.2 Å². The molecule has 1 aliphatic carbocycles. The number of rotatable bonds is 5. The molecule has 0 aromatic heterocycles. The van der Waals surface area contributed by atoms with E-state index in [4.69, 9.17) is 15.2 Å². The lowest BCUT2D eigenvalue weighted by molar-refractivity contribution is 0.259. The normalized spacial score (nSPS) is 16.0. The minimum absolute atomic E-state index is 0.465. The van der Waals surface area contributed by atoms with Crippen molar-refractivity contribution in [2.24, 2.45) is 5.73 Å². The van der Waals surface area contributed by atoms with Gasteiger partial charge in [-0.3, -0.25) is 0 Å². The molecule has 0 saturated heterocycles. The van der Waals surface area contributed by atoms with Gasteiger partial charge in [-0.25, -0.2) is 0 Å². The monoisotopic (exact) mass is 347 g/mol. The van der Waals surface area contributed by atoms with Crippen molar-refractivity contribution in [2.75, 3.05) is 13.7 Å². The highest BCUT2D eigenvalue weighted by Gasteiger charge is 2.26. The van der Waals surface area contributed by atoms with E-state index in [9.17, 15) is 0 Å². The molecule has 1 aliphatic rings. The van der Waals surface area contributed by atoms with Crippen LogP contribution in [0, 0.1) is 0 Å². The molecule has 0 heterocycles. The van der Waals surface area contributed by atoms with E-state index in [0.717, 1.165) is 28.0 Å². The lowest BCUT2D eigenvalue weighted by Gasteiger charge is -2.30. The lowest BCUT2D eigenvalue weighted by atomic mass is 9.78. The number of ether oxygens (including phenoxy) is 2. The zero-order valence-corrected chi connectivity index (χ0v) is 13.5. The molecule has 3 rings (SSSR count). The van der Waals surface area contributed by atoms with E-state index in [1.807, 2.05) is 12.1 Å². The highest BCUT2D eigenvalue weighted by molar-refractivity contribution is 9.10. The Morgan fingerprint density at radius 1 is 1.29 bits per heavy atom. The second-order valence-corrected chi connectivity index (χ2v) is 6.08. The molecule has 0 aliphatic heterocycles. The van der Waals surface area contributed by atoms with Crippen LogP contribution >= 0.6 is 15.9 Å². The van der Waals surface area contributed by atoms with Crippen molar-refractivity contribution in [3.05, 3.63) is 57.6 Å². The van der Waals surface area contributed by atoms with Gasteiger partial charge < -0.3 is 15.2 Å². The molecule has 0 saturated carbocycles. The molecule has 21 heavy (non-hydrogen) atoms. The Hall–Kier alpha value is -1.52. The summed E-state index contributed by atoms with van der Waals surface area (Å²) in [6.07, 6.45) is 1.08. The maximum Gasteiger partial charge on any atom is 0.175 e. The summed E-state index contributed by atoms with van der Waals surface area (Å²) in [5.41, 5.74) is 9.52. The summed E-state index contributed by atoms with van der Waals surface area (Å²) in [5.74, 6) is 1.93. The second kappa shape index (κ2) is 6.08. The van der Waals surface area contributed by atoms with Crippen LogP contribution in [0.1, 0.15) is 22.6 Å². The number of hydrogen-bond donors (Lipinski definition) is 1. The number of halogens is 1. The van der Waals surface area contributed by atoms with Gasteiger partial charge >= 0.3 is 0 Å². The van der Waals surface area contributed by atoms with Crippen LogP contribution in [-0.2, 0) is 13.0 Å². The SMILES string of the molecule is COc1cc(CN)cc(Br)c1OCC1Cc2ccccc21. The maximum absolute atomic E-state index is 6.01. The largest absolute Gasteiger partial charge is 0.493 e. The fraction of sp³-hybridized carbons (Fsp3) is 0.294. The quantitative estimate of drug-likeness (QED) is 0.897. The minimum Gasteiger partial charge on any atom is -0.493 e. The fourth-order valence-corrected chi connectivity index (χ4v) is 3.33. The molecule has 1 atom stereocenters. The van der Waals surface area contributed by atoms with Crippen LogP contribution in [0.4, 0.5) is 0 Å². The Morgan fingerprint density at radius 2 is 2.10 bits per heavy atom. The summed E-state index contributed by atoms with van der Waals surface area (Å²) in [6.45, 7) is 1.14. The number of nitrogens with two attached hydrogens (primary N) is 1. The Kier molecular flexibility index (Phi) is 4.17. The van der Waals surface area contributed by atoms with E-state index in [0.29, 0.717) is 19.1 Å². The summed E-state index contributed by atoms with van der Waals surface area (Å²) in [4.78, 5) is 0. The van der Waals surface area contributed by atoms with E-state index in [1.165, 1.54) is 11.1 Å². The van der Waals surface area contributed by atoms with Crippen LogP contribution < -0.4 is 15.2 Å². The Balaban J connectivity index is 1.74. The summed E-state index contributed by atoms with van der Waals surface area (Å²) in [7, 11) is 1.65. The molecule has 2 N–H and O–H groups in total. The van der Waals surface area contributed by atoms with Crippen molar-refractivity contribution >= 4 is 15.9 Å². The van der Waals surface area contributed by atoms with Gasteiger partial charge in [0.15, 0.2) is 11.5 Å². The molecule has 4 heteroatoms. The van der Waals surface area contributed by atoms with Gasteiger partial charge in [-0.1, -0.05) is 24.3 Å². The molecule has 0 fully saturated rings. The fourth-order valence-electron chi connectivity index (χ4n) is 2.73. The average Bonchev–Trinajstić information content (AvgIpc) is 2.48. The Morgan fingerprint density at radius 3 is 2.81 bits per heavy atom. The molecule has 2 aromatic carbocycles. The van der Waals surface area contributed by atoms with Crippen LogP contribution in [0.2, 0.25) is 0 Å². The van der Waals surface area contributed by atoms with Crippen molar-refractivity contribution in [2.45, 2.75) is 18.9 Å². The molecule has 0 bridgehead atoms. The molecule has 110 valence electrons. The van der Waals surface area contributed by atoms with Crippen LogP contribution in [0.15, 0.2) is 40.9 Å². The first-order chi connectivity index (χ1) is 10.2. The second-order valence-electron chi connectivity index (χ2n) is 5.22. The zero-order valence-electron chi connectivity index (χ0n) is 11.9. The molecular formula is C17H18BrNO2. The number of methoxy groups -OCH3 is 1. The molecule has 0 radical (unpaired) electrons. The average molecular weight is 348 g/mol. The highest BCUT2D eigenvalue weighted by atomic mass is 79.9. The molecule has 3 nitrogen and oxygen atoms in total. The smallest absolute Gasteiger partial charge is 0.175 e. The first kappa shape index (κ1) is 14.4. The molecular weight excluding hydrogens is 330 g/mol. The zero-order chi connectivity index (χ0) is 14.8. The predicted octanol–water partition coefficient (Wildman–Crippen LogP) is 3.64. The van der Waals surface area contributed by atoms with Gasteiger partial charge in [-0.2, -0.15) is 0 Å². The van der Waals surface area contributed by atoms with Crippen LogP contribution in [0.5, 0.6) is 11.5 Å². The number of benzene rings is 2. The summed E-state index contributed by atoms with van der Waals surface area (Å²) in [6, 6.07) is 12.4. The van der Waals surface area contributed by atoms with Crippen molar-refractivity contribution in [1.82, 2.24) is 0 Å². The lowest BCUT2D eigenvalue weighted by Crippen LogP contribution is -2.23. The maximum atomic E-state index is 6.01. The third kappa shape index (κ3) is 2.78. The molecule has 0 amide bonds. The third-order valence-corrected chi connectivity index (χ3v) is 4.50. The highest BCUT2D eigenvalue weighted by Crippen LogP contribution is 2.39. The Labute approximate surface area is 133 Å². The van der Waals surface area contributed by atoms with Gasteiger partial charge in [0.1, 0.15) is 0 Å².